The van der Waals surface area contributed by atoms with E-state index < -0.39 is 114 Å². The molecule has 332 valence electrons. The van der Waals surface area contributed by atoms with Crippen molar-refractivity contribution in [3.63, 3.8) is 0 Å². The smallest absolute Gasteiger partial charge is 0.408 e. The van der Waals surface area contributed by atoms with Crippen LogP contribution in [0.5, 0.6) is 0 Å². The number of carbonyl (C=O) groups excluding carboxylic acids is 4. The van der Waals surface area contributed by atoms with E-state index in [0.29, 0.717) is 6.42 Å². The van der Waals surface area contributed by atoms with Gasteiger partial charge in [-0.2, -0.15) is 0 Å². The van der Waals surface area contributed by atoms with Crippen LogP contribution in [0.15, 0.2) is 12.7 Å². The van der Waals surface area contributed by atoms with Gasteiger partial charge in [0, 0.05) is 50.5 Å². The number of alkyl carbamates (subject to hydrolysis) is 1. The second-order valence-corrected chi connectivity index (χ2v) is 17.8. The number of aliphatic hydroxyl groups is 1. The normalized spacial score (nSPS) is 45.7. The van der Waals surface area contributed by atoms with Crippen LogP contribution in [0.2, 0.25) is 0 Å². The fraction of sp³-hybridized carbons (Fsp3) is 0.857. The first-order valence-electron chi connectivity index (χ1n) is 20.6. The molecule has 2 N–H and O–H groups in total. The highest BCUT2D eigenvalue weighted by Gasteiger charge is 2.58. The molecule has 0 aromatic carbocycles. The van der Waals surface area contributed by atoms with Gasteiger partial charge < -0.3 is 58.0 Å². The molecule has 4 rings (SSSR count). The van der Waals surface area contributed by atoms with Crippen molar-refractivity contribution in [2.45, 2.75) is 179 Å². The SMILES string of the molecule is C=CC(=O)O[C@H]1[C@H](C)O[C@@H](O[C@H]2[C@H](C)[C@@H](O[C@@H]3O[C@H](C)C[C@H](N(C)C)[C@H]3O)[C@](C)(OC)C[C@@H](C)C(=O)[C@H](C)[C@H]3NC(=O)O[C@]3(C)[C@@H](CC)OC(=O)[C@@H]2C)C[C@@]1(C)OC. The van der Waals surface area contributed by atoms with Crippen molar-refractivity contribution in [1.29, 1.82) is 0 Å². The molecule has 0 aromatic heterocycles. The maximum atomic E-state index is 14.6. The van der Waals surface area contributed by atoms with E-state index in [0.717, 1.165) is 6.08 Å². The number of hydrogen-bond donors (Lipinski definition) is 2. The Kier molecular flexibility index (Phi) is 15.6. The van der Waals surface area contributed by atoms with Gasteiger partial charge in [-0.3, -0.25) is 9.59 Å². The van der Waals surface area contributed by atoms with Crippen LogP contribution < -0.4 is 5.32 Å². The fourth-order valence-corrected chi connectivity index (χ4v) is 9.72. The van der Waals surface area contributed by atoms with Crippen molar-refractivity contribution < 1.29 is 66.9 Å². The Bertz CT molecular complexity index is 1480. The van der Waals surface area contributed by atoms with Gasteiger partial charge in [-0.15, -0.1) is 0 Å². The number of hydrogen-bond acceptors (Lipinski definition) is 15. The average Bonchev–Trinajstić information content (AvgIpc) is 3.49. The highest BCUT2D eigenvalue weighted by Crippen LogP contribution is 2.43. The Morgan fingerprint density at radius 2 is 1.57 bits per heavy atom. The summed E-state index contributed by atoms with van der Waals surface area (Å²) in [6.45, 7) is 21.4. The number of amides is 1. The number of carbonyl (C=O) groups is 4. The number of rotatable bonds is 10. The first-order chi connectivity index (χ1) is 27.0. The molecule has 0 bridgehead atoms. The lowest BCUT2D eigenvalue weighted by Crippen LogP contribution is -2.62. The zero-order valence-electron chi connectivity index (χ0n) is 37.0. The molecule has 0 spiro atoms. The van der Waals surface area contributed by atoms with Crippen LogP contribution >= 0.6 is 0 Å². The largest absolute Gasteiger partial charge is 0.458 e. The summed E-state index contributed by atoms with van der Waals surface area (Å²) in [6.07, 6.45) is -6.50. The summed E-state index contributed by atoms with van der Waals surface area (Å²) >= 11 is 0. The van der Waals surface area contributed by atoms with E-state index in [2.05, 4.69) is 11.9 Å². The van der Waals surface area contributed by atoms with Gasteiger partial charge in [0.2, 0.25) is 0 Å². The van der Waals surface area contributed by atoms with E-state index >= 15 is 0 Å². The van der Waals surface area contributed by atoms with Crippen LogP contribution in [0.3, 0.4) is 0 Å². The number of fused-ring (bicyclic) bond motifs is 1. The number of cyclic esters (lactones) is 1. The van der Waals surface area contributed by atoms with Gasteiger partial charge >= 0.3 is 18.0 Å². The summed E-state index contributed by atoms with van der Waals surface area (Å²) in [5.74, 6) is -4.57. The van der Waals surface area contributed by atoms with Crippen LogP contribution in [0.1, 0.15) is 94.9 Å². The molecule has 1 amide bonds. The highest BCUT2D eigenvalue weighted by molar-refractivity contribution is 5.85. The molecule has 4 aliphatic heterocycles. The van der Waals surface area contributed by atoms with E-state index in [1.54, 1.807) is 41.5 Å². The Labute approximate surface area is 344 Å². The molecule has 0 aromatic rings. The molecule has 58 heavy (non-hydrogen) atoms. The monoisotopic (exact) mass is 826 g/mol. The molecule has 0 unspecified atom stereocenters. The number of methoxy groups -OCH3 is 2. The molecule has 18 atom stereocenters. The molecule has 4 saturated heterocycles. The Balaban J connectivity index is 1.87. The first kappa shape index (κ1) is 48.0. The lowest BCUT2D eigenvalue weighted by Gasteiger charge is -2.50. The number of likely N-dealkylation sites (N-methyl/N-ethyl adjacent to an activating group) is 1. The number of nitrogens with one attached hydrogen (secondary N) is 1. The van der Waals surface area contributed by atoms with Crippen LogP contribution in [-0.4, -0.2) is 146 Å². The molecular formula is C42H70N2O14. The van der Waals surface area contributed by atoms with E-state index in [9.17, 15) is 24.3 Å². The maximum absolute atomic E-state index is 14.6. The minimum absolute atomic E-state index is 0.0931. The standard InChI is InChI=1S/C42H70N2O14/c1-16-28-42(11)34(43-39(49)58-42)23(5)31(46)21(3)19-40(9,50-14)35(57-38-32(47)27(44(12)13)18-22(4)52-38)24(6)33(25(7)37(48)54-28)56-30-20-41(10,51-15)36(26(8)53-30)55-29(45)17-2/h17,21-28,30,32-36,38,47H,2,16,18-20H2,1,3-15H3,(H,43,49)/t21-,22-,23+,24+,25-,26+,27+,28-,30+,32-,33+,34-,35-,36+,38+,40-,41-,42-/m1/s1. The van der Waals surface area contributed by atoms with Crippen molar-refractivity contribution in [1.82, 2.24) is 10.2 Å². The van der Waals surface area contributed by atoms with Crippen LogP contribution in [0.4, 0.5) is 4.79 Å². The first-order valence-corrected chi connectivity index (χ1v) is 20.6. The van der Waals surface area contributed by atoms with Crippen LogP contribution in [0.25, 0.3) is 0 Å². The number of esters is 2. The number of Topliss-reactive ketones (excluding diaryl/α,β-unsaturated/α-hetero) is 1. The third-order valence-corrected chi connectivity index (χ3v) is 13.3. The van der Waals surface area contributed by atoms with Gasteiger partial charge in [0.05, 0.1) is 42.0 Å². The van der Waals surface area contributed by atoms with Crippen molar-refractivity contribution >= 4 is 23.8 Å². The summed E-state index contributed by atoms with van der Waals surface area (Å²) in [6, 6.07) is -1.12. The van der Waals surface area contributed by atoms with E-state index in [4.69, 9.17) is 42.6 Å². The quantitative estimate of drug-likeness (QED) is 0.183. The van der Waals surface area contributed by atoms with Gasteiger partial charge in [-0.1, -0.05) is 34.3 Å². The summed E-state index contributed by atoms with van der Waals surface area (Å²) in [5, 5.41) is 14.5. The molecule has 0 saturated carbocycles. The molecular weight excluding hydrogens is 756 g/mol. The number of ether oxygens (including phenoxy) is 9. The van der Waals surface area contributed by atoms with Gasteiger partial charge in [0.15, 0.2) is 24.3 Å². The van der Waals surface area contributed by atoms with Crippen LogP contribution in [-0.2, 0) is 57.0 Å². The van der Waals surface area contributed by atoms with Gasteiger partial charge in [-0.25, -0.2) is 9.59 Å². The van der Waals surface area contributed by atoms with E-state index in [1.165, 1.54) is 14.2 Å². The fourth-order valence-electron chi connectivity index (χ4n) is 9.72. The topological polar surface area (TPSA) is 187 Å². The molecule has 0 aliphatic carbocycles. The van der Waals surface area contributed by atoms with Crippen molar-refractivity contribution in [3.05, 3.63) is 12.7 Å². The minimum Gasteiger partial charge on any atom is -0.458 e. The van der Waals surface area contributed by atoms with Crippen molar-refractivity contribution in [3.8, 4) is 0 Å². The average molecular weight is 827 g/mol. The zero-order chi connectivity index (χ0) is 43.7. The highest BCUT2D eigenvalue weighted by atomic mass is 16.7. The number of nitrogens with zero attached hydrogens (tertiary/aromatic N) is 1. The minimum atomic E-state index is -1.38. The molecule has 0 radical (unpaired) electrons. The maximum Gasteiger partial charge on any atom is 0.408 e. The summed E-state index contributed by atoms with van der Waals surface area (Å²) in [4.78, 5) is 56.1. The van der Waals surface area contributed by atoms with Gasteiger partial charge in [0.1, 0.15) is 23.6 Å². The Morgan fingerprint density at radius 1 is 0.948 bits per heavy atom. The van der Waals surface area contributed by atoms with Gasteiger partial charge in [0.25, 0.3) is 0 Å². The van der Waals surface area contributed by atoms with Crippen LogP contribution in [0, 0.1) is 23.7 Å². The second kappa shape index (κ2) is 18.9. The predicted molar refractivity (Wildman–Crippen MR) is 210 cm³/mol. The Morgan fingerprint density at radius 3 is 2.14 bits per heavy atom. The Hall–Kier alpha value is -2.70. The lowest BCUT2D eigenvalue weighted by molar-refractivity contribution is -0.319. The van der Waals surface area contributed by atoms with Gasteiger partial charge in [-0.05, 0) is 74.9 Å². The summed E-state index contributed by atoms with van der Waals surface area (Å²) in [7, 11) is 6.79. The third kappa shape index (κ3) is 9.75. The van der Waals surface area contributed by atoms with E-state index in [-0.39, 0.29) is 37.2 Å². The molecule has 4 fully saturated rings. The zero-order valence-corrected chi connectivity index (χ0v) is 37.0. The summed E-state index contributed by atoms with van der Waals surface area (Å²) < 4.78 is 56.5. The number of aliphatic hydroxyl groups excluding tert-OH is 1. The molecule has 4 aliphatic rings. The third-order valence-electron chi connectivity index (χ3n) is 13.3. The summed E-state index contributed by atoms with van der Waals surface area (Å²) in [5.41, 5.74) is -3.71. The molecule has 4 heterocycles. The molecule has 16 heteroatoms. The van der Waals surface area contributed by atoms with E-state index in [1.807, 2.05) is 46.7 Å². The van der Waals surface area contributed by atoms with Crippen molar-refractivity contribution in [2.75, 3.05) is 28.3 Å². The predicted octanol–water partition coefficient (Wildman–Crippen LogP) is 3.93. The number of ketones is 1. The lowest BCUT2D eigenvalue weighted by atomic mass is 9.73. The van der Waals surface area contributed by atoms with Crippen molar-refractivity contribution in [2.24, 2.45) is 23.7 Å². The molecule has 16 nitrogen and oxygen atoms in total. The second-order valence-electron chi connectivity index (χ2n) is 17.8.